The number of nitrogens with zero attached hydrogens (tertiary/aromatic N) is 4. The lowest BCUT2D eigenvalue weighted by Crippen LogP contribution is -2.28. The normalized spacial score (nSPS) is 21.1. The van der Waals surface area contributed by atoms with Gasteiger partial charge >= 0.3 is 0 Å². The molecule has 0 aliphatic heterocycles. The average Bonchev–Trinajstić information content (AvgIpc) is 2.65. The molecule has 2 bridgehead atoms. The summed E-state index contributed by atoms with van der Waals surface area (Å²) in [5.74, 6) is 0.822. The maximum Gasteiger partial charge on any atom is 0.0890 e. The van der Waals surface area contributed by atoms with E-state index in [1.54, 1.807) is 0 Å². The van der Waals surface area contributed by atoms with Crippen LogP contribution >= 0.6 is 0 Å². The molecule has 0 saturated heterocycles. The molecule has 0 N–H and O–H groups in total. The Labute approximate surface area is 145 Å². The van der Waals surface area contributed by atoms with Gasteiger partial charge in [-0.05, 0) is 43.5 Å². The van der Waals surface area contributed by atoms with Crippen LogP contribution in [0.25, 0.3) is 22.1 Å². The lowest BCUT2D eigenvalue weighted by Gasteiger charge is -2.35. The lowest BCUT2D eigenvalue weighted by molar-refractivity contribution is 0.428. The van der Waals surface area contributed by atoms with E-state index in [9.17, 15) is 0 Å². The molecule has 4 nitrogen and oxygen atoms in total. The van der Waals surface area contributed by atoms with E-state index in [1.165, 1.54) is 11.4 Å². The SMILES string of the molecule is c1ccc2nc3c(nc2c1)C[C@H]1C[C@@H]3Cc2nc3ccccc3nc21. The van der Waals surface area contributed by atoms with Gasteiger partial charge in [-0.2, -0.15) is 0 Å². The zero-order valence-electron chi connectivity index (χ0n) is 13.7. The average molecular weight is 324 g/mol. The fourth-order valence-electron chi connectivity index (χ4n) is 4.45. The molecule has 2 aromatic heterocycles. The fraction of sp³-hybridized carbons (Fsp3) is 0.238. The number of para-hydroxylation sites is 4. The smallest absolute Gasteiger partial charge is 0.0890 e. The van der Waals surface area contributed by atoms with E-state index in [-0.39, 0.29) is 0 Å². The second kappa shape index (κ2) is 4.82. The van der Waals surface area contributed by atoms with E-state index >= 15 is 0 Å². The summed E-state index contributed by atoms with van der Waals surface area (Å²) < 4.78 is 0. The van der Waals surface area contributed by atoms with Crippen molar-refractivity contribution < 1.29 is 0 Å². The molecule has 6 rings (SSSR count). The van der Waals surface area contributed by atoms with Crippen LogP contribution in [0.2, 0.25) is 0 Å². The molecule has 0 unspecified atom stereocenters. The Morgan fingerprint density at radius 3 is 1.40 bits per heavy atom. The highest BCUT2D eigenvalue weighted by Crippen LogP contribution is 2.45. The molecule has 2 aromatic carbocycles. The highest BCUT2D eigenvalue weighted by Gasteiger charge is 2.37. The van der Waals surface area contributed by atoms with Crippen molar-refractivity contribution in [1.82, 2.24) is 19.9 Å². The maximum absolute atomic E-state index is 4.96. The predicted molar refractivity (Wildman–Crippen MR) is 96.6 cm³/mol. The Kier molecular flexibility index (Phi) is 2.59. The molecule has 0 spiro atoms. The van der Waals surface area contributed by atoms with Gasteiger partial charge in [-0.15, -0.1) is 0 Å². The van der Waals surface area contributed by atoms with Gasteiger partial charge < -0.3 is 0 Å². The third kappa shape index (κ3) is 1.94. The first-order chi connectivity index (χ1) is 12.3. The van der Waals surface area contributed by atoms with E-state index in [0.29, 0.717) is 11.8 Å². The van der Waals surface area contributed by atoms with Crippen LogP contribution in [0, 0.1) is 0 Å². The van der Waals surface area contributed by atoms with Gasteiger partial charge in [0.25, 0.3) is 0 Å². The molecule has 2 aliphatic rings. The summed E-state index contributed by atoms with van der Waals surface area (Å²) in [6, 6.07) is 16.3. The summed E-state index contributed by atoms with van der Waals surface area (Å²) in [6.45, 7) is 0. The standard InChI is InChI=1S/C21H16N4/c1-3-7-16-14(5-1)22-18-10-12-9-13(20(18)24-16)11-19-21(12)25-17-8-4-2-6-15(17)23-19/h1-8,12-13H,9-11H2/t12-,13-/m1/s1. The topological polar surface area (TPSA) is 51.6 Å². The summed E-state index contributed by atoms with van der Waals surface area (Å²) >= 11 is 0. The third-order valence-corrected chi connectivity index (χ3v) is 5.57. The molecule has 0 radical (unpaired) electrons. The van der Waals surface area contributed by atoms with Crippen molar-refractivity contribution in [2.24, 2.45) is 0 Å². The second-order valence-corrected chi connectivity index (χ2v) is 7.13. The minimum absolute atomic E-state index is 0.411. The summed E-state index contributed by atoms with van der Waals surface area (Å²) in [4.78, 5) is 19.8. The molecule has 0 amide bonds. The Bertz CT molecular complexity index is 1060. The first kappa shape index (κ1) is 13.4. The number of hydrogen-bond acceptors (Lipinski definition) is 4. The molecule has 2 aliphatic carbocycles. The van der Waals surface area contributed by atoms with Gasteiger partial charge in [0.05, 0.1) is 44.8 Å². The van der Waals surface area contributed by atoms with Crippen molar-refractivity contribution in [3.8, 4) is 0 Å². The van der Waals surface area contributed by atoms with Crippen LogP contribution < -0.4 is 0 Å². The molecule has 4 heteroatoms. The van der Waals surface area contributed by atoms with Gasteiger partial charge in [0, 0.05) is 11.8 Å². The molecule has 0 fully saturated rings. The van der Waals surface area contributed by atoms with Crippen LogP contribution in [-0.4, -0.2) is 19.9 Å². The number of rotatable bonds is 0. The summed E-state index contributed by atoms with van der Waals surface area (Å²) in [6.07, 6.45) is 2.95. The van der Waals surface area contributed by atoms with Crippen LogP contribution in [0.1, 0.15) is 41.0 Å². The largest absolute Gasteiger partial charge is 0.249 e. The molecular formula is C21H16N4. The highest BCUT2D eigenvalue weighted by atomic mass is 14.9. The predicted octanol–water partition coefficient (Wildman–Crippen LogP) is 3.94. The minimum Gasteiger partial charge on any atom is -0.249 e. The summed E-state index contributed by atoms with van der Waals surface area (Å²) in [5, 5.41) is 0. The van der Waals surface area contributed by atoms with Crippen molar-refractivity contribution >= 4 is 22.1 Å². The van der Waals surface area contributed by atoms with Crippen molar-refractivity contribution in [3.63, 3.8) is 0 Å². The second-order valence-electron chi connectivity index (χ2n) is 7.13. The Hall–Kier alpha value is -2.88. The van der Waals surface area contributed by atoms with E-state index in [4.69, 9.17) is 19.9 Å². The van der Waals surface area contributed by atoms with Gasteiger partial charge in [-0.3, -0.25) is 0 Å². The molecule has 2 atom stereocenters. The first-order valence-corrected chi connectivity index (χ1v) is 8.86. The molecule has 120 valence electrons. The molecule has 2 heterocycles. The monoisotopic (exact) mass is 324 g/mol. The zero-order chi connectivity index (χ0) is 16.4. The molecular weight excluding hydrogens is 308 g/mol. The number of hydrogen-bond donors (Lipinski definition) is 0. The highest BCUT2D eigenvalue weighted by molar-refractivity contribution is 5.75. The maximum atomic E-state index is 4.96. The van der Waals surface area contributed by atoms with E-state index in [0.717, 1.165) is 52.7 Å². The molecule has 4 aromatic rings. The molecule has 0 saturated carbocycles. The van der Waals surface area contributed by atoms with E-state index < -0.39 is 0 Å². The van der Waals surface area contributed by atoms with Gasteiger partial charge in [0.15, 0.2) is 0 Å². The van der Waals surface area contributed by atoms with Crippen molar-refractivity contribution in [2.75, 3.05) is 0 Å². The van der Waals surface area contributed by atoms with Gasteiger partial charge in [-0.1, -0.05) is 24.3 Å². The summed E-state index contributed by atoms with van der Waals surface area (Å²) in [7, 11) is 0. The third-order valence-electron chi connectivity index (χ3n) is 5.57. The quantitative estimate of drug-likeness (QED) is 0.491. The Balaban J connectivity index is 1.54. The van der Waals surface area contributed by atoms with Crippen molar-refractivity contribution in [2.45, 2.75) is 31.1 Å². The number of fused-ring (bicyclic) bond motifs is 8. The minimum atomic E-state index is 0.411. The van der Waals surface area contributed by atoms with Crippen LogP contribution in [0.15, 0.2) is 48.5 Å². The van der Waals surface area contributed by atoms with Crippen LogP contribution in [-0.2, 0) is 12.8 Å². The van der Waals surface area contributed by atoms with Crippen molar-refractivity contribution in [1.29, 1.82) is 0 Å². The fourth-order valence-corrected chi connectivity index (χ4v) is 4.45. The van der Waals surface area contributed by atoms with Gasteiger partial charge in [-0.25, -0.2) is 19.9 Å². The Morgan fingerprint density at radius 2 is 0.960 bits per heavy atom. The van der Waals surface area contributed by atoms with Crippen LogP contribution in [0.4, 0.5) is 0 Å². The van der Waals surface area contributed by atoms with Gasteiger partial charge in [0.1, 0.15) is 0 Å². The number of aromatic nitrogens is 4. The van der Waals surface area contributed by atoms with Gasteiger partial charge in [0.2, 0.25) is 0 Å². The summed E-state index contributed by atoms with van der Waals surface area (Å²) in [5.41, 5.74) is 8.63. The van der Waals surface area contributed by atoms with E-state index in [2.05, 4.69) is 12.1 Å². The number of benzene rings is 2. The van der Waals surface area contributed by atoms with Crippen molar-refractivity contribution in [3.05, 3.63) is 71.3 Å². The molecule has 25 heavy (non-hydrogen) atoms. The van der Waals surface area contributed by atoms with E-state index in [1.807, 2.05) is 36.4 Å². The first-order valence-electron chi connectivity index (χ1n) is 8.86. The van der Waals surface area contributed by atoms with Crippen LogP contribution in [0.5, 0.6) is 0 Å². The zero-order valence-corrected chi connectivity index (χ0v) is 13.7. The van der Waals surface area contributed by atoms with Crippen LogP contribution in [0.3, 0.4) is 0 Å². The Morgan fingerprint density at radius 1 is 0.560 bits per heavy atom. The lowest BCUT2D eigenvalue weighted by atomic mass is 9.72.